The third kappa shape index (κ3) is 5.02. The predicted octanol–water partition coefficient (Wildman–Crippen LogP) is -5.72. The van der Waals surface area contributed by atoms with Gasteiger partial charge in [0.1, 0.15) is 54.9 Å². The lowest BCUT2D eigenvalue weighted by Gasteiger charge is -2.48. The topological polar surface area (TPSA) is 218 Å². The van der Waals surface area contributed by atoms with Crippen LogP contribution in [0.2, 0.25) is 0 Å². The number of ether oxygens (including phenoxy) is 2. The summed E-state index contributed by atoms with van der Waals surface area (Å²) >= 11 is 0. The molecular weight excluding hydrogens is 396 g/mol. The molecule has 2 heterocycles. The number of rotatable bonds is 5. The van der Waals surface area contributed by atoms with E-state index in [4.69, 9.17) is 9.47 Å². The fourth-order valence-corrected chi connectivity index (χ4v) is 3.60. The summed E-state index contributed by atoms with van der Waals surface area (Å²) in [6, 6.07) is -2.74. The molecule has 2 saturated heterocycles. The second-order valence-electron chi connectivity index (χ2n) is 7.22. The van der Waals surface area contributed by atoms with Crippen LogP contribution in [0.25, 0.3) is 0 Å². The number of carbonyl (C=O) groups is 2. The van der Waals surface area contributed by atoms with E-state index < -0.39 is 85.6 Å². The molecule has 0 bridgehead atoms. The number of aliphatic hydroxyl groups is 7. The van der Waals surface area contributed by atoms with Gasteiger partial charge in [-0.25, -0.2) is 0 Å². The van der Waals surface area contributed by atoms with Crippen LogP contribution in [-0.2, 0) is 19.1 Å². The molecule has 9 N–H and O–H groups in total. The Balaban J connectivity index is 2.25. The molecule has 0 saturated carbocycles. The molecule has 2 fully saturated rings. The monoisotopic (exact) mass is 424 g/mol. The van der Waals surface area contributed by atoms with Crippen molar-refractivity contribution in [2.45, 2.75) is 81.1 Å². The lowest BCUT2D eigenvalue weighted by molar-refractivity contribution is -0.291. The summed E-state index contributed by atoms with van der Waals surface area (Å²) < 4.78 is 10.6. The van der Waals surface area contributed by atoms with Crippen molar-refractivity contribution in [2.75, 3.05) is 6.61 Å². The number of hydrogen-bond acceptors (Lipinski definition) is 11. The Morgan fingerprint density at radius 3 is 1.86 bits per heavy atom. The zero-order valence-corrected chi connectivity index (χ0v) is 15.8. The Bertz CT molecular complexity index is 593. The molecule has 0 aromatic rings. The Labute approximate surface area is 165 Å². The van der Waals surface area contributed by atoms with Gasteiger partial charge in [-0.15, -0.1) is 0 Å². The first kappa shape index (κ1) is 23.9. The summed E-state index contributed by atoms with van der Waals surface area (Å²) in [6.07, 6.45) is -14.9. The molecule has 1 unspecified atom stereocenters. The molecule has 0 aliphatic carbocycles. The second kappa shape index (κ2) is 9.59. The molecule has 0 aromatic heterocycles. The molecule has 0 spiro atoms. The molecule has 2 aliphatic heterocycles. The van der Waals surface area contributed by atoms with Crippen molar-refractivity contribution in [1.29, 1.82) is 0 Å². The summed E-state index contributed by atoms with van der Waals surface area (Å²) in [5.74, 6) is -1.23. The molecule has 0 aromatic carbocycles. The maximum atomic E-state index is 11.5. The number of carbonyl (C=O) groups excluding carboxylic acids is 2. The fourth-order valence-electron chi connectivity index (χ4n) is 3.60. The first-order valence-electron chi connectivity index (χ1n) is 9.04. The van der Waals surface area contributed by atoms with Crippen LogP contribution >= 0.6 is 0 Å². The number of aliphatic hydroxyl groups excluding tert-OH is 7. The van der Waals surface area contributed by atoms with Gasteiger partial charge in [0.2, 0.25) is 11.8 Å². The normalized spacial score (nSPS) is 44.0. The van der Waals surface area contributed by atoms with Gasteiger partial charge in [0.05, 0.1) is 12.6 Å². The van der Waals surface area contributed by atoms with Gasteiger partial charge >= 0.3 is 0 Å². The van der Waals surface area contributed by atoms with Gasteiger partial charge in [-0.1, -0.05) is 0 Å². The van der Waals surface area contributed by atoms with Crippen molar-refractivity contribution >= 4 is 11.8 Å². The van der Waals surface area contributed by atoms with Crippen LogP contribution in [0.4, 0.5) is 0 Å². The highest BCUT2D eigenvalue weighted by atomic mass is 16.6. The van der Waals surface area contributed by atoms with Gasteiger partial charge in [0.25, 0.3) is 0 Å². The van der Waals surface area contributed by atoms with E-state index in [1.807, 2.05) is 0 Å². The summed E-state index contributed by atoms with van der Waals surface area (Å²) in [6.45, 7) is 1.53. The van der Waals surface area contributed by atoms with E-state index in [1.165, 1.54) is 0 Å². The molecule has 13 heteroatoms. The first-order chi connectivity index (χ1) is 13.5. The minimum absolute atomic E-state index is 0.605. The maximum Gasteiger partial charge on any atom is 0.217 e. The van der Waals surface area contributed by atoms with Gasteiger partial charge in [-0.3, -0.25) is 9.59 Å². The standard InChI is InChI=1S/C16H28N2O11/c1-4(20)17-7-10(23)9(22)6(3-19)28-14(7)13(26)15-12(25)11(24)8(16(27)29-15)18-5(2)21/h6-16,19,22-27H,3H2,1-2H3,(H,17,20)(H,18,21)/t6-,7+,8+,9-,10-,11-,12+,13?,14-,15+,16+/m1/s1. The minimum atomic E-state index is -1.83. The molecule has 13 nitrogen and oxygen atoms in total. The van der Waals surface area contributed by atoms with E-state index in [1.54, 1.807) is 0 Å². The van der Waals surface area contributed by atoms with Crippen LogP contribution in [0.1, 0.15) is 13.8 Å². The number of nitrogens with one attached hydrogen (secondary N) is 2. The zero-order chi connectivity index (χ0) is 22.0. The van der Waals surface area contributed by atoms with Crippen LogP contribution in [0.3, 0.4) is 0 Å². The van der Waals surface area contributed by atoms with E-state index in [2.05, 4.69) is 10.6 Å². The van der Waals surface area contributed by atoms with Gasteiger partial charge < -0.3 is 55.9 Å². The lowest BCUT2D eigenvalue weighted by atomic mass is 9.84. The summed E-state index contributed by atoms with van der Waals surface area (Å²) in [4.78, 5) is 22.7. The summed E-state index contributed by atoms with van der Waals surface area (Å²) in [5, 5.41) is 75.6. The van der Waals surface area contributed by atoms with E-state index in [9.17, 15) is 45.3 Å². The Morgan fingerprint density at radius 2 is 1.34 bits per heavy atom. The van der Waals surface area contributed by atoms with Gasteiger partial charge in [0.15, 0.2) is 6.29 Å². The van der Waals surface area contributed by atoms with E-state index in [0.717, 1.165) is 13.8 Å². The second-order valence-corrected chi connectivity index (χ2v) is 7.22. The van der Waals surface area contributed by atoms with Crippen LogP contribution in [0.5, 0.6) is 0 Å². The fraction of sp³-hybridized carbons (Fsp3) is 0.875. The van der Waals surface area contributed by atoms with Gasteiger partial charge in [-0.05, 0) is 0 Å². The maximum absolute atomic E-state index is 11.5. The average Bonchev–Trinajstić information content (AvgIpc) is 2.64. The van der Waals surface area contributed by atoms with Crippen molar-refractivity contribution in [3.05, 3.63) is 0 Å². The van der Waals surface area contributed by atoms with E-state index in [-0.39, 0.29) is 0 Å². The lowest BCUT2D eigenvalue weighted by Crippen LogP contribution is -2.71. The highest BCUT2D eigenvalue weighted by Crippen LogP contribution is 2.30. The van der Waals surface area contributed by atoms with E-state index >= 15 is 0 Å². The van der Waals surface area contributed by atoms with Crippen LogP contribution < -0.4 is 10.6 Å². The van der Waals surface area contributed by atoms with Crippen molar-refractivity contribution in [3.63, 3.8) is 0 Å². The highest BCUT2D eigenvalue weighted by molar-refractivity contribution is 5.73. The smallest absolute Gasteiger partial charge is 0.217 e. The molecule has 168 valence electrons. The third-order valence-corrected chi connectivity index (χ3v) is 5.04. The van der Waals surface area contributed by atoms with Crippen LogP contribution in [0, 0.1) is 0 Å². The minimum Gasteiger partial charge on any atom is -0.394 e. The summed E-state index contributed by atoms with van der Waals surface area (Å²) in [5.41, 5.74) is 0. The third-order valence-electron chi connectivity index (χ3n) is 5.04. The van der Waals surface area contributed by atoms with Crippen molar-refractivity contribution in [3.8, 4) is 0 Å². The number of hydrogen-bond donors (Lipinski definition) is 9. The SMILES string of the molecule is CC(=O)N[C@H]1[C@@H](O)[C@H](O)[C@@H](C(O)[C@@H]2O[C@H](CO)[C@@H](O)[C@H](O)[C@@H]2NC(C)=O)O[C@@H]1O. The molecule has 2 rings (SSSR count). The predicted molar refractivity (Wildman–Crippen MR) is 91.9 cm³/mol. The highest BCUT2D eigenvalue weighted by Gasteiger charge is 2.54. The van der Waals surface area contributed by atoms with Crippen molar-refractivity contribution in [1.82, 2.24) is 10.6 Å². The van der Waals surface area contributed by atoms with Gasteiger partial charge in [0, 0.05) is 13.8 Å². The summed E-state index contributed by atoms with van der Waals surface area (Å²) in [7, 11) is 0. The molecule has 0 radical (unpaired) electrons. The molecular formula is C16H28N2O11. The Morgan fingerprint density at radius 1 is 0.828 bits per heavy atom. The van der Waals surface area contributed by atoms with E-state index in [0.29, 0.717) is 0 Å². The molecule has 2 amide bonds. The largest absolute Gasteiger partial charge is 0.394 e. The average molecular weight is 424 g/mol. The number of amides is 2. The molecule has 29 heavy (non-hydrogen) atoms. The van der Waals surface area contributed by atoms with Crippen LogP contribution in [-0.4, -0.2) is 121 Å². The van der Waals surface area contributed by atoms with Crippen molar-refractivity contribution in [2.24, 2.45) is 0 Å². The Kier molecular flexibility index (Phi) is 7.89. The molecule has 2 aliphatic rings. The van der Waals surface area contributed by atoms with Crippen LogP contribution in [0.15, 0.2) is 0 Å². The quantitative estimate of drug-likeness (QED) is 0.202. The first-order valence-corrected chi connectivity index (χ1v) is 9.04. The Hall–Kier alpha value is -1.42. The zero-order valence-electron chi connectivity index (χ0n) is 15.8. The van der Waals surface area contributed by atoms with Crippen molar-refractivity contribution < 1.29 is 54.8 Å². The molecule has 11 atom stereocenters. The van der Waals surface area contributed by atoms with Gasteiger partial charge in [-0.2, -0.15) is 0 Å².